The van der Waals surface area contributed by atoms with Crippen molar-refractivity contribution in [1.29, 1.82) is 0 Å². The number of fused-ring (bicyclic) bond motifs is 1. The number of nitrogens with one attached hydrogen (secondary N) is 1. The molecule has 6 nitrogen and oxygen atoms in total. The molecule has 0 fully saturated rings. The highest BCUT2D eigenvalue weighted by Gasteiger charge is 2.24. The van der Waals surface area contributed by atoms with Crippen LogP contribution in [0, 0.1) is 6.92 Å². The third-order valence-electron chi connectivity index (χ3n) is 3.78. The third kappa shape index (κ3) is 3.00. The maximum atomic E-state index is 12.7. The summed E-state index contributed by atoms with van der Waals surface area (Å²) >= 11 is 0. The summed E-state index contributed by atoms with van der Waals surface area (Å²) in [7, 11) is 0. The Labute approximate surface area is 139 Å². The number of aliphatic hydroxyl groups is 1. The Morgan fingerprint density at radius 3 is 2.67 bits per heavy atom. The van der Waals surface area contributed by atoms with Crippen molar-refractivity contribution < 1.29 is 14.4 Å². The molecule has 24 heavy (non-hydrogen) atoms. The van der Waals surface area contributed by atoms with Gasteiger partial charge in [-0.05, 0) is 26.8 Å². The second-order valence-electron chi connectivity index (χ2n) is 6.37. The van der Waals surface area contributed by atoms with Crippen LogP contribution in [0.25, 0.3) is 22.4 Å². The van der Waals surface area contributed by atoms with Gasteiger partial charge < -0.3 is 14.9 Å². The van der Waals surface area contributed by atoms with Crippen LogP contribution in [0.2, 0.25) is 0 Å². The molecule has 2 N–H and O–H groups in total. The fraction of sp³-hybridized carbons (Fsp3) is 0.278. The number of aryl methyl sites for hydroxylation is 1. The van der Waals surface area contributed by atoms with Crippen LogP contribution < -0.4 is 5.32 Å². The summed E-state index contributed by atoms with van der Waals surface area (Å²) in [4.78, 5) is 17.2. The smallest absolute Gasteiger partial charge is 0.259 e. The van der Waals surface area contributed by atoms with Crippen LogP contribution in [-0.4, -0.2) is 33.3 Å². The van der Waals surface area contributed by atoms with Gasteiger partial charge in [0.25, 0.3) is 11.6 Å². The molecule has 1 aromatic carbocycles. The molecule has 0 saturated heterocycles. The SMILES string of the molecule is Cc1noc2nc(-c3ccccc3)cc(C(=O)NC(C)(C)CO)c12. The Hall–Kier alpha value is -2.73. The van der Waals surface area contributed by atoms with Crippen molar-refractivity contribution >= 4 is 17.0 Å². The Balaban J connectivity index is 2.14. The van der Waals surface area contributed by atoms with E-state index in [0.717, 1.165) is 5.56 Å². The number of pyridine rings is 1. The summed E-state index contributed by atoms with van der Waals surface area (Å²) in [6.07, 6.45) is 0. The highest BCUT2D eigenvalue weighted by molar-refractivity contribution is 6.07. The minimum atomic E-state index is -0.731. The van der Waals surface area contributed by atoms with Crippen LogP contribution in [0.15, 0.2) is 40.9 Å². The zero-order valence-electron chi connectivity index (χ0n) is 13.8. The standard InChI is InChI=1S/C18H19N3O3/c1-11-15-13(16(23)20-18(2,3)10-22)9-14(19-17(15)24-21-11)12-7-5-4-6-8-12/h4-9,22H,10H2,1-3H3,(H,20,23). The number of nitrogens with zero attached hydrogens (tertiary/aromatic N) is 2. The second kappa shape index (κ2) is 6.05. The average molecular weight is 325 g/mol. The molecule has 2 aromatic heterocycles. The first kappa shape index (κ1) is 16.1. The average Bonchev–Trinajstić information content (AvgIpc) is 2.96. The van der Waals surface area contributed by atoms with Gasteiger partial charge in [-0.15, -0.1) is 0 Å². The number of carbonyl (C=O) groups is 1. The lowest BCUT2D eigenvalue weighted by Crippen LogP contribution is -2.46. The second-order valence-corrected chi connectivity index (χ2v) is 6.37. The van der Waals surface area contributed by atoms with Gasteiger partial charge in [0, 0.05) is 5.56 Å². The van der Waals surface area contributed by atoms with E-state index in [1.807, 2.05) is 30.3 Å². The first-order chi connectivity index (χ1) is 11.4. The van der Waals surface area contributed by atoms with E-state index in [2.05, 4.69) is 15.5 Å². The van der Waals surface area contributed by atoms with Crippen LogP contribution in [0.4, 0.5) is 0 Å². The molecule has 1 amide bonds. The fourth-order valence-electron chi connectivity index (χ4n) is 2.44. The van der Waals surface area contributed by atoms with Gasteiger partial charge in [0.15, 0.2) is 0 Å². The largest absolute Gasteiger partial charge is 0.394 e. The summed E-state index contributed by atoms with van der Waals surface area (Å²) < 4.78 is 5.27. The van der Waals surface area contributed by atoms with Crippen LogP contribution in [0.5, 0.6) is 0 Å². The van der Waals surface area contributed by atoms with Gasteiger partial charge in [-0.3, -0.25) is 4.79 Å². The lowest BCUT2D eigenvalue weighted by atomic mass is 10.0. The number of hydrogen-bond donors (Lipinski definition) is 2. The molecule has 2 heterocycles. The van der Waals surface area contributed by atoms with E-state index in [1.165, 1.54) is 0 Å². The summed E-state index contributed by atoms with van der Waals surface area (Å²) in [6, 6.07) is 11.3. The summed E-state index contributed by atoms with van der Waals surface area (Å²) in [5, 5.41) is 16.7. The number of benzene rings is 1. The number of amides is 1. The Morgan fingerprint density at radius 2 is 2.00 bits per heavy atom. The van der Waals surface area contributed by atoms with E-state index in [4.69, 9.17) is 4.52 Å². The molecule has 0 saturated carbocycles. The van der Waals surface area contributed by atoms with Gasteiger partial charge in [0.2, 0.25) is 0 Å². The van der Waals surface area contributed by atoms with Crippen LogP contribution >= 0.6 is 0 Å². The molecule has 0 aliphatic heterocycles. The van der Waals surface area contributed by atoms with Crippen molar-refractivity contribution in [3.8, 4) is 11.3 Å². The first-order valence-electron chi connectivity index (χ1n) is 7.67. The minimum Gasteiger partial charge on any atom is -0.394 e. The molecule has 6 heteroatoms. The van der Waals surface area contributed by atoms with Crippen LogP contribution in [0.3, 0.4) is 0 Å². The summed E-state index contributed by atoms with van der Waals surface area (Å²) in [6.45, 7) is 5.11. The lowest BCUT2D eigenvalue weighted by Gasteiger charge is -2.23. The van der Waals surface area contributed by atoms with Crippen molar-refractivity contribution in [2.45, 2.75) is 26.3 Å². The van der Waals surface area contributed by atoms with E-state index in [0.29, 0.717) is 28.1 Å². The van der Waals surface area contributed by atoms with Gasteiger partial charge in [-0.25, -0.2) is 4.98 Å². The minimum absolute atomic E-state index is 0.166. The predicted octanol–water partition coefficient (Wildman–Crippen LogP) is 2.70. The van der Waals surface area contributed by atoms with Gasteiger partial charge in [0.05, 0.1) is 34.5 Å². The first-order valence-corrected chi connectivity index (χ1v) is 7.67. The molecule has 3 rings (SSSR count). The highest BCUT2D eigenvalue weighted by atomic mass is 16.5. The molecule has 124 valence electrons. The molecular weight excluding hydrogens is 306 g/mol. The maximum Gasteiger partial charge on any atom is 0.259 e. The van der Waals surface area contributed by atoms with Gasteiger partial charge >= 0.3 is 0 Å². The summed E-state index contributed by atoms with van der Waals surface area (Å²) in [5.74, 6) is -0.301. The van der Waals surface area contributed by atoms with E-state index >= 15 is 0 Å². The Kier molecular flexibility index (Phi) is 4.07. The van der Waals surface area contributed by atoms with Gasteiger partial charge in [-0.1, -0.05) is 35.5 Å². The van der Waals surface area contributed by atoms with Gasteiger partial charge in [0.1, 0.15) is 0 Å². The quantitative estimate of drug-likeness (QED) is 0.770. The molecule has 0 atom stereocenters. The van der Waals surface area contributed by atoms with Crippen LogP contribution in [-0.2, 0) is 0 Å². The van der Waals surface area contributed by atoms with Gasteiger partial charge in [-0.2, -0.15) is 0 Å². The Morgan fingerprint density at radius 1 is 1.29 bits per heavy atom. The van der Waals surface area contributed by atoms with E-state index < -0.39 is 5.54 Å². The molecule has 0 unspecified atom stereocenters. The molecule has 0 bridgehead atoms. The summed E-state index contributed by atoms with van der Waals surface area (Å²) in [5.41, 5.74) is 2.13. The molecule has 0 aliphatic carbocycles. The number of hydrogen-bond acceptors (Lipinski definition) is 5. The number of aromatic nitrogens is 2. The zero-order chi connectivity index (χ0) is 17.3. The highest BCUT2D eigenvalue weighted by Crippen LogP contribution is 2.27. The zero-order valence-corrected chi connectivity index (χ0v) is 13.8. The molecule has 3 aromatic rings. The molecule has 0 spiro atoms. The molecule has 0 aliphatic rings. The number of aliphatic hydroxyl groups excluding tert-OH is 1. The van der Waals surface area contributed by atoms with Crippen molar-refractivity contribution in [1.82, 2.24) is 15.5 Å². The third-order valence-corrected chi connectivity index (χ3v) is 3.78. The fourth-order valence-corrected chi connectivity index (χ4v) is 2.44. The van der Waals surface area contributed by atoms with Crippen molar-refractivity contribution in [3.63, 3.8) is 0 Å². The Bertz CT molecular complexity index is 885. The van der Waals surface area contributed by atoms with E-state index in [-0.39, 0.29) is 12.5 Å². The number of rotatable bonds is 4. The van der Waals surface area contributed by atoms with Crippen molar-refractivity contribution in [3.05, 3.63) is 47.7 Å². The topological polar surface area (TPSA) is 88.2 Å². The lowest BCUT2D eigenvalue weighted by molar-refractivity contribution is 0.0871. The normalized spacial score (nSPS) is 11.7. The van der Waals surface area contributed by atoms with Crippen LogP contribution in [0.1, 0.15) is 29.9 Å². The van der Waals surface area contributed by atoms with E-state index in [9.17, 15) is 9.90 Å². The molecular formula is C18H19N3O3. The molecule has 0 radical (unpaired) electrons. The van der Waals surface area contributed by atoms with E-state index in [1.54, 1.807) is 26.8 Å². The number of carbonyl (C=O) groups excluding carboxylic acids is 1. The van der Waals surface area contributed by atoms with Crippen molar-refractivity contribution in [2.24, 2.45) is 0 Å². The monoisotopic (exact) mass is 325 g/mol. The predicted molar refractivity (Wildman–Crippen MR) is 90.6 cm³/mol. The van der Waals surface area contributed by atoms with Crippen molar-refractivity contribution in [2.75, 3.05) is 6.61 Å². The maximum absolute atomic E-state index is 12.7.